The van der Waals surface area contributed by atoms with Crippen molar-refractivity contribution < 1.29 is 13.6 Å². The lowest BCUT2D eigenvalue weighted by Gasteiger charge is -2.05. The first kappa shape index (κ1) is 13.6. The van der Waals surface area contributed by atoms with E-state index >= 15 is 0 Å². The van der Waals surface area contributed by atoms with E-state index < -0.39 is 5.82 Å². The van der Waals surface area contributed by atoms with Crippen LogP contribution in [0, 0.1) is 5.82 Å². The smallest absolute Gasteiger partial charge is 0.253 e. The quantitative estimate of drug-likeness (QED) is 0.789. The number of carbonyl (C=O) groups excluding carboxylic acids is 1. The number of rotatable bonds is 3. The zero-order valence-electron chi connectivity index (χ0n) is 10.9. The van der Waals surface area contributed by atoms with Gasteiger partial charge in [-0.2, -0.15) is 0 Å². The number of nitrogens with one attached hydrogen (secondary N) is 1. The molecule has 0 aliphatic heterocycles. The van der Waals surface area contributed by atoms with Crippen LogP contribution >= 0.6 is 11.6 Å². The second-order valence-electron chi connectivity index (χ2n) is 4.56. The number of furan rings is 1. The average molecular weight is 304 g/mol. The molecule has 0 atom stereocenters. The number of carbonyl (C=O) groups is 1. The van der Waals surface area contributed by atoms with Crippen LogP contribution in [0.4, 0.5) is 4.39 Å². The van der Waals surface area contributed by atoms with Crippen molar-refractivity contribution in [1.29, 1.82) is 0 Å². The molecule has 3 rings (SSSR count). The predicted molar refractivity (Wildman–Crippen MR) is 78.8 cm³/mol. The Hall–Kier alpha value is -2.33. The Labute approximate surface area is 125 Å². The van der Waals surface area contributed by atoms with E-state index in [4.69, 9.17) is 16.0 Å². The van der Waals surface area contributed by atoms with Gasteiger partial charge in [0, 0.05) is 5.39 Å². The molecule has 0 fully saturated rings. The van der Waals surface area contributed by atoms with Crippen molar-refractivity contribution in [1.82, 2.24) is 5.32 Å². The molecule has 3 aromatic rings. The maximum atomic E-state index is 12.9. The molecule has 0 spiro atoms. The number of para-hydroxylation sites is 1. The zero-order valence-corrected chi connectivity index (χ0v) is 11.7. The summed E-state index contributed by atoms with van der Waals surface area (Å²) in [6.07, 6.45) is 0. The van der Waals surface area contributed by atoms with Crippen molar-refractivity contribution >= 4 is 28.5 Å². The minimum absolute atomic E-state index is 0.0807. The summed E-state index contributed by atoms with van der Waals surface area (Å²) in [6.45, 7) is 0.237. The van der Waals surface area contributed by atoms with Crippen LogP contribution in [0.15, 0.2) is 52.9 Å². The van der Waals surface area contributed by atoms with Gasteiger partial charge in [-0.25, -0.2) is 4.39 Å². The van der Waals surface area contributed by atoms with Crippen molar-refractivity contribution in [2.45, 2.75) is 6.54 Å². The van der Waals surface area contributed by atoms with Crippen molar-refractivity contribution in [3.8, 4) is 0 Å². The van der Waals surface area contributed by atoms with Crippen LogP contribution in [0.1, 0.15) is 16.1 Å². The molecular weight excluding hydrogens is 293 g/mol. The molecule has 21 heavy (non-hydrogen) atoms. The van der Waals surface area contributed by atoms with Crippen LogP contribution in [0.2, 0.25) is 5.02 Å². The Balaban J connectivity index is 1.73. The molecule has 2 aromatic carbocycles. The molecule has 1 amide bonds. The van der Waals surface area contributed by atoms with E-state index in [1.807, 2.05) is 30.3 Å². The number of fused-ring (bicyclic) bond motifs is 1. The van der Waals surface area contributed by atoms with Gasteiger partial charge in [-0.15, -0.1) is 0 Å². The summed E-state index contributed by atoms with van der Waals surface area (Å²) in [5.41, 5.74) is 0.996. The average Bonchev–Trinajstić information content (AvgIpc) is 2.87. The summed E-state index contributed by atoms with van der Waals surface area (Å²) in [5.74, 6) is -0.211. The molecule has 0 aliphatic carbocycles. The first-order valence-corrected chi connectivity index (χ1v) is 6.72. The van der Waals surface area contributed by atoms with E-state index in [9.17, 15) is 9.18 Å². The third-order valence-corrected chi connectivity index (χ3v) is 3.39. The summed E-state index contributed by atoms with van der Waals surface area (Å²) in [7, 11) is 0. The van der Waals surface area contributed by atoms with Gasteiger partial charge in [0.2, 0.25) is 0 Å². The molecule has 0 aliphatic rings. The van der Waals surface area contributed by atoms with Crippen molar-refractivity contribution in [2.24, 2.45) is 0 Å². The van der Waals surface area contributed by atoms with Gasteiger partial charge in [-0.05, 0) is 30.3 Å². The molecule has 1 N–H and O–H groups in total. The highest BCUT2D eigenvalue weighted by Crippen LogP contribution is 2.20. The van der Waals surface area contributed by atoms with Crippen molar-refractivity contribution in [2.75, 3.05) is 0 Å². The van der Waals surface area contributed by atoms with Gasteiger partial charge < -0.3 is 9.73 Å². The molecule has 106 valence electrons. The Morgan fingerprint density at radius 1 is 1.19 bits per heavy atom. The van der Waals surface area contributed by atoms with Gasteiger partial charge in [0.1, 0.15) is 17.2 Å². The predicted octanol–water partition coefficient (Wildman–Crippen LogP) is 4.16. The number of amides is 1. The van der Waals surface area contributed by atoms with E-state index in [0.29, 0.717) is 5.76 Å². The number of halogens is 2. The van der Waals surface area contributed by atoms with Crippen molar-refractivity contribution in [3.63, 3.8) is 0 Å². The fraction of sp³-hybridized carbons (Fsp3) is 0.0625. The number of hydrogen-bond donors (Lipinski definition) is 1. The van der Waals surface area contributed by atoms with E-state index in [1.165, 1.54) is 12.1 Å². The second-order valence-corrected chi connectivity index (χ2v) is 4.96. The standard InChI is InChI=1S/C16H11ClFNO2/c17-14-8-11(18)5-6-13(14)16(20)19-9-12-7-10-3-1-2-4-15(10)21-12/h1-8H,9H2,(H,19,20). The van der Waals surface area contributed by atoms with Crippen LogP contribution in [-0.4, -0.2) is 5.91 Å². The lowest BCUT2D eigenvalue weighted by atomic mass is 10.2. The highest BCUT2D eigenvalue weighted by atomic mass is 35.5. The van der Waals surface area contributed by atoms with E-state index in [1.54, 1.807) is 0 Å². The molecular formula is C16H11ClFNO2. The third kappa shape index (κ3) is 2.90. The van der Waals surface area contributed by atoms with Gasteiger partial charge in [0.05, 0.1) is 17.1 Å². The van der Waals surface area contributed by atoms with E-state index in [-0.39, 0.29) is 23.0 Å². The molecule has 5 heteroatoms. The number of hydrogen-bond acceptors (Lipinski definition) is 2. The molecule has 1 aromatic heterocycles. The number of benzene rings is 2. The Morgan fingerprint density at radius 3 is 2.76 bits per heavy atom. The van der Waals surface area contributed by atoms with Crippen LogP contribution in [0.3, 0.4) is 0 Å². The first-order valence-electron chi connectivity index (χ1n) is 6.34. The van der Waals surface area contributed by atoms with Crippen LogP contribution < -0.4 is 5.32 Å². The summed E-state index contributed by atoms with van der Waals surface area (Å²) < 4.78 is 18.5. The largest absolute Gasteiger partial charge is 0.459 e. The zero-order chi connectivity index (χ0) is 14.8. The Bertz CT molecular complexity index is 780. The maximum Gasteiger partial charge on any atom is 0.253 e. The normalized spacial score (nSPS) is 10.8. The lowest BCUT2D eigenvalue weighted by Crippen LogP contribution is -2.22. The summed E-state index contributed by atoms with van der Waals surface area (Å²) in [4.78, 5) is 12.0. The summed E-state index contributed by atoms with van der Waals surface area (Å²) >= 11 is 5.85. The summed E-state index contributed by atoms with van der Waals surface area (Å²) in [6, 6.07) is 13.1. The van der Waals surface area contributed by atoms with E-state index in [2.05, 4.69) is 5.32 Å². The minimum Gasteiger partial charge on any atom is -0.459 e. The Morgan fingerprint density at radius 2 is 2.00 bits per heavy atom. The van der Waals surface area contributed by atoms with Gasteiger partial charge in [0.15, 0.2) is 0 Å². The molecule has 0 bridgehead atoms. The third-order valence-electron chi connectivity index (χ3n) is 3.08. The minimum atomic E-state index is -0.478. The van der Waals surface area contributed by atoms with Gasteiger partial charge >= 0.3 is 0 Å². The van der Waals surface area contributed by atoms with Gasteiger partial charge in [-0.3, -0.25) is 4.79 Å². The van der Waals surface area contributed by atoms with Crippen molar-refractivity contribution in [3.05, 3.63) is 70.7 Å². The van der Waals surface area contributed by atoms with Crippen LogP contribution in [-0.2, 0) is 6.54 Å². The molecule has 0 saturated heterocycles. The first-order chi connectivity index (χ1) is 10.1. The second kappa shape index (κ2) is 5.58. The molecule has 0 saturated carbocycles. The molecule has 1 heterocycles. The summed E-state index contributed by atoms with van der Waals surface area (Å²) in [5, 5.41) is 3.75. The van der Waals surface area contributed by atoms with E-state index in [0.717, 1.165) is 17.0 Å². The topological polar surface area (TPSA) is 42.2 Å². The Kier molecular flexibility index (Phi) is 3.62. The monoisotopic (exact) mass is 303 g/mol. The highest BCUT2D eigenvalue weighted by molar-refractivity contribution is 6.33. The SMILES string of the molecule is O=C(NCc1cc2ccccc2o1)c1ccc(F)cc1Cl. The fourth-order valence-electron chi connectivity index (χ4n) is 2.06. The van der Waals surface area contributed by atoms with Gasteiger partial charge in [0.25, 0.3) is 5.91 Å². The molecule has 3 nitrogen and oxygen atoms in total. The molecule has 0 unspecified atom stereocenters. The maximum absolute atomic E-state index is 12.9. The van der Waals surface area contributed by atoms with Crippen LogP contribution in [0.5, 0.6) is 0 Å². The molecule has 0 radical (unpaired) electrons. The fourth-order valence-corrected chi connectivity index (χ4v) is 2.31. The highest BCUT2D eigenvalue weighted by Gasteiger charge is 2.12. The lowest BCUT2D eigenvalue weighted by molar-refractivity contribution is 0.0948. The van der Waals surface area contributed by atoms with Gasteiger partial charge in [-0.1, -0.05) is 29.8 Å². The van der Waals surface area contributed by atoms with Crippen LogP contribution in [0.25, 0.3) is 11.0 Å².